The highest BCUT2D eigenvalue weighted by atomic mass is 35.5. The first-order valence-electron chi connectivity index (χ1n) is 5.06. The Morgan fingerprint density at radius 3 is 2.50 bits per heavy atom. The molecule has 1 saturated heterocycles. The van der Waals surface area contributed by atoms with Crippen molar-refractivity contribution in [1.29, 1.82) is 0 Å². The number of hydrogen-bond donors (Lipinski definition) is 3. The maximum Gasteiger partial charge on any atom is 0.305 e. The van der Waals surface area contributed by atoms with Crippen molar-refractivity contribution in [2.24, 2.45) is 0 Å². The number of aliphatic carboxylic acids is 1. The van der Waals surface area contributed by atoms with Gasteiger partial charge in [0, 0.05) is 23.8 Å². The molecule has 5 heteroatoms. The first-order valence-corrected chi connectivity index (χ1v) is 5.44. The Kier molecular flexibility index (Phi) is 3.03. The number of carboxylic acids is 1. The van der Waals surface area contributed by atoms with E-state index in [0.29, 0.717) is 18.1 Å². The first-order chi connectivity index (χ1) is 7.60. The van der Waals surface area contributed by atoms with Crippen LogP contribution < -0.4 is 10.6 Å². The summed E-state index contributed by atoms with van der Waals surface area (Å²) in [6, 6.07) is 7.27. The molecule has 1 aliphatic heterocycles. The second kappa shape index (κ2) is 4.31. The summed E-state index contributed by atoms with van der Waals surface area (Å²) >= 11 is 5.78. The molecule has 0 saturated carbocycles. The predicted molar refractivity (Wildman–Crippen MR) is 62.9 cm³/mol. The Hall–Kier alpha value is -1.26. The summed E-state index contributed by atoms with van der Waals surface area (Å²) in [6.07, 6.45) is 0.114. The molecule has 0 spiro atoms. The molecular weight excluding hydrogens is 228 g/mol. The van der Waals surface area contributed by atoms with Crippen molar-refractivity contribution < 1.29 is 9.90 Å². The lowest BCUT2D eigenvalue weighted by Gasteiger charge is -2.43. The predicted octanol–water partition coefficient (Wildman–Crippen LogP) is 1.57. The van der Waals surface area contributed by atoms with Crippen LogP contribution in [0.3, 0.4) is 0 Å². The Balaban J connectivity index is 2.06. The Morgan fingerprint density at radius 2 is 2.06 bits per heavy atom. The van der Waals surface area contributed by atoms with Gasteiger partial charge in [0.25, 0.3) is 0 Å². The topological polar surface area (TPSA) is 61.4 Å². The van der Waals surface area contributed by atoms with E-state index in [4.69, 9.17) is 16.7 Å². The summed E-state index contributed by atoms with van der Waals surface area (Å²) in [7, 11) is 0. The minimum atomic E-state index is -0.789. The van der Waals surface area contributed by atoms with Crippen LogP contribution in [0.15, 0.2) is 24.3 Å². The number of anilines is 1. The molecule has 0 amide bonds. The molecule has 86 valence electrons. The summed E-state index contributed by atoms with van der Waals surface area (Å²) in [5.74, 6) is -0.789. The molecule has 0 radical (unpaired) electrons. The van der Waals surface area contributed by atoms with Crippen molar-refractivity contribution >= 4 is 23.3 Å². The molecule has 4 nitrogen and oxygen atoms in total. The van der Waals surface area contributed by atoms with Gasteiger partial charge in [-0.2, -0.15) is 0 Å². The standard InChI is InChI=1S/C11H13ClN2O2/c12-8-1-3-9(4-2-8)14-11(5-10(15)16)6-13-7-11/h1-4,13-14H,5-7H2,(H,15,16). The molecule has 2 rings (SSSR count). The molecular formula is C11H13ClN2O2. The van der Waals surface area contributed by atoms with Crippen molar-refractivity contribution in [2.75, 3.05) is 18.4 Å². The normalized spacial score (nSPS) is 17.6. The van der Waals surface area contributed by atoms with E-state index in [1.54, 1.807) is 12.1 Å². The molecule has 0 bridgehead atoms. The SMILES string of the molecule is O=C(O)CC1(Nc2ccc(Cl)cc2)CNC1. The van der Waals surface area contributed by atoms with E-state index in [-0.39, 0.29) is 12.0 Å². The molecule has 1 aliphatic rings. The van der Waals surface area contributed by atoms with Gasteiger partial charge in [-0.25, -0.2) is 0 Å². The van der Waals surface area contributed by atoms with Crippen LogP contribution in [-0.4, -0.2) is 29.7 Å². The quantitative estimate of drug-likeness (QED) is 0.748. The monoisotopic (exact) mass is 240 g/mol. The summed E-state index contributed by atoms with van der Waals surface area (Å²) in [6.45, 7) is 1.34. The third-order valence-corrected chi connectivity index (χ3v) is 2.92. The fraction of sp³-hybridized carbons (Fsp3) is 0.364. The maximum atomic E-state index is 10.8. The van der Waals surface area contributed by atoms with Crippen LogP contribution in [0.25, 0.3) is 0 Å². The second-order valence-corrected chi connectivity index (χ2v) is 4.52. The van der Waals surface area contributed by atoms with Gasteiger partial charge < -0.3 is 15.7 Å². The number of nitrogens with one attached hydrogen (secondary N) is 2. The number of carbonyl (C=O) groups is 1. The van der Waals surface area contributed by atoms with Gasteiger partial charge >= 0.3 is 5.97 Å². The van der Waals surface area contributed by atoms with E-state index in [2.05, 4.69) is 10.6 Å². The van der Waals surface area contributed by atoms with Crippen LogP contribution in [0.2, 0.25) is 5.02 Å². The number of carboxylic acid groups (broad SMARTS) is 1. The summed E-state index contributed by atoms with van der Waals surface area (Å²) < 4.78 is 0. The highest BCUT2D eigenvalue weighted by Crippen LogP contribution is 2.24. The van der Waals surface area contributed by atoms with Crippen LogP contribution in [0.1, 0.15) is 6.42 Å². The Labute approximate surface area is 98.6 Å². The Morgan fingerprint density at radius 1 is 1.44 bits per heavy atom. The minimum absolute atomic E-state index is 0.114. The lowest BCUT2D eigenvalue weighted by atomic mass is 9.88. The minimum Gasteiger partial charge on any atom is -0.481 e. The van der Waals surface area contributed by atoms with Crippen molar-refractivity contribution in [2.45, 2.75) is 12.0 Å². The zero-order valence-electron chi connectivity index (χ0n) is 8.66. The van der Waals surface area contributed by atoms with Crippen LogP contribution in [0.5, 0.6) is 0 Å². The van der Waals surface area contributed by atoms with E-state index >= 15 is 0 Å². The summed E-state index contributed by atoms with van der Waals surface area (Å²) in [5.41, 5.74) is 0.534. The summed E-state index contributed by atoms with van der Waals surface area (Å²) in [5, 5.41) is 15.9. The van der Waals surface area contributed by atoms with Gasteiger partial charge in [0.2, 0.25) is 0 Å². The first kappa shape index (κ1) is 11.2. The van der Waals surface area contributed by atoms with Gasteiger partial charge in [-0.1, -0.05) is 11.6 Å². The van der Waals surface area contributed by atoms with Gasteiger partial charge in [0.1, 0.15) is 0 Å². The van der Waals surface area contributed by atoms with Gasteiger partial charge in [-0.3, -0.25) is 4.79 Å². The third kappa shape index (κ3) is 2.46. The maximum absolute atomic E-state index is 10.8. The van der Waals surface area contributed by atoms with E-state index in [1.807, 2.05) is 12.1 Å². The molecule has 1 heterocycles. The van der Waals surface area contributed by atoms with Gasteiger partial charge in [0.05, 0.1) is 12.0 Å². The van der Waals surface area contributed by atoms with Crippen molar-refractivity contribution in [3.8, 4) is 0 Å². The zero-order valence-corrected chi connectivity index (χ0v) is 9.42. The molecule has 1 aromatic rings. The molecule has 0 unspecified atom stereocenters. The van der Waals surface area contributed by atoms with Crippen LogP contribution in [0, 0.1) is 0 Å². The van der Waals surface area contributed by atoms with Crippen LogP contribution in [0.4, 0.5) is 5.69 Å². The molecule has 0 aliphatic carbocycles. The van der Waals surface area contributed by atoms with Gasteiger partial charge in [-0.15, -0.1) is 0 Å². The molecule has 1 fully saturated rings. The highest BCUT2D eigenvalue weighted by Gasteiger charge is 2.38. The smallest absolute Gasteiger partial charge is 0.305 e. The molecule has 3 N–H and O–H groups in total. The lowest BCUT2D eigenvalue weighted by molar-refractivity contribution is -0.138. The molecule has 0 aromatic heterocycles. The number of hydrogen-bond acceptors (Lipinski definition) is 3. The van der Waals surface area contributed by atoms with Crippen molar-refractivity contribution in [3.05, 3.63) is 29.3 Å². The average Bonchev–Trinajstić information content (AvgIpc) is 2.17. The largest absolute Gasteiger partial charge is 0.481 e. The van der Waals surface area contributed by atoms with Crippen molar-refractivity contribution in [3.63, 3.8) is 0 Å². The lowest BCUT2D eigenvalue weighted by Crippen LogP contribution is -2.65. The zero-order chi connectivity index (χ0) is 11.6. The van der Waals surface area contributed by atoms with Crippen LogP contribution >= 0.6 is 11.6 Å². The summed E-state index contributed by atoms with van der Waals surface area (Å²) in [4.78, 5) is 10.8. The van der Waals surface area contributed by atoms with Gasteiger partial charge in [-0.05, 0) is 24.3 Å². The second-order valence-electron chi connectivity index (χ2n) is 4.09. The van der Waals surface area contributed by atoms with E-state index < -0.39 is 5.97 Å². The molecule has 1 aromatic carbocycles. The van der Waals surface area contributed by atoms with E-state index in [0.717, 1.165) is 5.69 Å². The van der Waals surface area contributed by atoms with Crippen LogP contribution in [-0.2, 0) is 4.79 Å². The number of halogens is 1. The Bertz CT molecular complexity index is 387. The molecule has 16 heavy (non-hydrogen) atoms. The highest BCUT2D eigenvalue weighted by molar-refractivity contribution is 6.30. The fourth-order valence-electron chi connectivity index (χ4n) is 1.81. The fourth-order valence-corrected chi connectivity index (χ4v) is 1.94. The van der Waals surface area contributed by atoms with Gasteiger partial charge in [0.15, 0.2) is 0 Å². The van der Waals surface area contributed by atoms with E-state index in [9.17, 15) is 4.79 Å². The number of rotatable bonds is 4. The van der Waals surface area contributed by atoms with E-state index in [1.165, 1.54) is 0 Å². The van der Waals surface area contributed by atoms with Crippen molar-refractivity contribution in [1.82, 2.24) is 5.32 Å². The third-order valence-electron chi connectivity index (χ3n) is 2.67. The molecule has 0 atom stereocenters. The average molecular weight is 241 g/mol. The number of benzene rings is 1.